The summed E-state index contributed by atoms with van der Waals surface area (Å²) < 4.78 is 5.69. The van der Waals surface area contributed by atoms with Crippen LogP contribution in [0.5, 0.6) is 5.75 Å². The topological polar surface area (TPSA) is 29.5 Å². The van der Waals surface area contributed by atoms with Gasteiger partial charge in [0.05, 0.1) is 6.61 Å². The zero-order valence-corrected chi connectivity index (χ0v) is 12.4. The molecule has 106 valence electrons. The van der Waals surface area contributed by atoms with E-state index in [2.05, 4.69) is 32.9 Å². The molecular weight excluding hydrogens is 236 g/mol. The molecule has 2 rings (SSSR count). The summed E-state index contributed by atoms with van der Waals surface area (Å²) >= 11 is 0. The van der Waals surface area contributed by atoms with Crippen molar-refractivity contribution in [2.75, 3.05) is 13.2 Å². The van der Waals surface area contributed by atoms with Crippen LogP contribution in [0.25, 0.3) is 0 Å². The Hall–Kier alpha value is -1.02. The van der Waals surface area contributed by atoms with E-state index in [1.54, 1.807) is 0 Å². The van der Waals surface area contributed by atoms with Crippen molar-refractivity contribution >= 4 is 0 Å². The van der Waals surface area contributed by atoms with Gasteiger partial charge < -0.3 is 9.84 Å². The second-order valence-electron chi connectivity index (χ2n) is 6.72. The molecular formula is C17H26O2. The summed E-state index contributed by atoms with van der Waals surface area (Å²) in [6.45, 7) is 7.54. The Morgan fingerprint density at radius 1 is 1.26 bits per heavy atom. The van der Waals surface area contributed by atoms with E-state index in [0.29, 0.717) is 17.9 Å². The van der Waals surface area contributed by atoms with E-state index < -0.39 is 0 Å². The molecule has 0 saturated heterocycles. The number of benzene rings is 1. The minimum Gasteiger partial charge on any atom is -0.491 e. The van der Waals surface area contributed by atoms with Gasteiger partial charge in [-0.1, -0.05) is 39.0 Å². The van der Waals surface area contributed by atoms with Gasteiger partial charge in [0.2, 0.25) is 0 Å². The van der Waals surface area contributed by atoms with Crippen LogP contribution in [0.1, 0.15) is 51.5 Å². The number of ether oxygens (including phenoxy) is 1. The van der Waals surface area contributed by atoms with Gasteiger partial charge in [-0.05, 0) is 48.1 Å². The first-order valence-electron chi connectivity index (χ1n) is 7.34. The Bertz CT molecular complexity index is 411. The van der Waals surface area contributed by atoms with E-state index in [9.17, 15) is 0 Å². The van der Waals surface area contributed by atoms with E-state index in [1.807, 2.05) is 12.1 Å². The van der Waals surface area contributed by atoms with Crippen molar-refractivity contribution < 1.29 is 9.84 Å². The maximum atomic E-state index is 8.93. The van der Waals surface area contributed by atoms with Crippen LogP contribution in [0.4, 0.5) is 0 Å². The first kappa shape index (κ1) is 14.4. The van der Waals surface area contributed by atoms with E-state index in [0.717, 1.165) is 11.7 Å². The first-order chi connectivity index (χ1) is 9.02. The van der Waals surface area contributed by atoms with Gasteiger partial charge in [-0.3, -0.25) is 0 Å². The van der Waals surface area contributed by atoms with Crippen molar-refractivity contribution in [3.8, 4) is 5.75 Å². The Morgan fingerprint density at radius 2 is 2.00 bits per heavy atom. The molecule has 1 saturated carbocycles. The molecule has 2 unspecified atom stereocenters. The van der Waals surface area contributed by atoms with Gasteiger partial charge in [-0.25, -0.2) is 0 Å². The van der Waals surface area contributed by atoms with Crippen molar-refractivity contribution in [1.29, 1.82) is 0 Å². The first-order valence-corrected chi connectivity index (χ1v) is 7.34. The Morgan fingerprint density at radius 3 is 2.68 bits per heavy atom. The lowest BCUT2D eigenvalue weighted by atomic mass is 9.66. The molecule has 0 aliphatic heterocycles. The number of para-hydroxylation sites is 1. The Balaban J connectivity index is 2.20. The lowest BCUT2D eigenvalue weighted by Gasteiger charge is -2.39. The molecule has 0 amide bonds. The normalized spacial score (nSPS) is 26.1. The summed E-state index contributed by atoms with van der Waals surface area (Å²) in [5.74, 6) is 2.29. The van der Waals surface area contributed by atoms with Crippen molar-refractivity contribution in [1.82, 2.24) is 0 Å². The molecule has 2 atom stereocenters. The van der Waals surface area contributed by atoms with Crippen molar-refractivity contribution in [2.45, 2.75) is 46.0 Å². The third-order valence-electron chi connectivity index (χ3n) is 4.09. The largest absolute Gasteiger partial charge is 0.491 e. The van der Waals surface area contributed by atoms with Crippen LogP contribution in [0.3, 0.4) is 0 Å². The Kier molecular flexibility index (Phi) is 4.51. The van der Waals surface area contributed by atoms with E-state index >= 15 is 0 Å². The van der Waals surface area contributed by atoms with Gasteiger partial charge in [0.25, 0.3) is 0 Å². The molecule has 1 aliphatic rings. The third kappa shape index (κ3) is 3.73. The maximum absolute atomic E-state index is 8.93. The lowest BCUT2D eigenvalue weighted by molar-refractivity contribution is 0.163. The number of aliphatic hydroxyl groups excluding tert-OH is 1. The molecule has 1 aromatic carbocycles. The summed E-state index contributed by atoms with van der Waals surface area (Å²) in [7, 11) is 0. The van der Waals surface area contributed by atoms with Crippen LogP contribution in [-0.4, -0.2) is 18.3 Å². The summed E-state index contributed by atoms with van der Waals surface area (Å²) in [5, 5.41) is 8.93. The molecule has 19 heavy (non-hydrogen) atoms. The fraction of sp³-hybridized carbons (Fsp3) is 0.647. The highest BCUT2D eigenvalue weighted by atomic mass is 16.5. The number of hydrogen-bond acceptors (Lipinski definition) is 2. The Labute approximate surface area is 116 Å². The standard InChI is InChI=1S/C17H26O2/c1-13-10-14(12-17(2,3)11-13)15-6-4-5-7-16(15)19-9-8-18/h4-7,13-14,18H,8-12H2,1-3H3. The van der Waals surface area contributed by atoms with Gasteiger partial charge in [-0.2, -0.15) is 0 Å². The van der Waals surface area contributed by atoms with Crippen LogP contribution in [-0.2, 0) is 0 Å². The highest BCUT2D eigenvalue weighted by Gasteiger charge is 2.33. The molecule has 2 heteroatoms. The minimum absolute atomic E-state index is 0.0703. The van der Waals surface area contributed by atoms with Gasteiger partial charge in [0, 0.05) is 0 Å². The summed E-state index contributed by atoms with van der Waals surface area (Å²) in [5.41, 5.74) is 1.72. The zero-order valence-electron chi connectivity index (χ0n) is 12.4. The van der Waals surface area contributed by atoms with E-state index in [4.69, 9.17) is 9.84 Å². The van der Waals surface area contributed by atoms with Gasteiger partial charge >= 0.3 is 0 Å². The van der Waals surface area contributed by atoms with Crippen molar-refractivity contribution in [3.63, 3.8) is 0 Å². The molecule has 1 N–H and O–H groups in total. The van der Waals surface area contributed by atoms with Gasteiger partial charge in [0.15, 0.2) is 0 Å². The fourth-order valence-electron chi connectivity index (χ4n) is 3.69. The molecule has 0 spiro atoms. The second-order valence-corrected chi connectivity index (χ2v) is 6.72. The van der Waals surface area contributed by atoms with Crippen molar-refractivity contribution in [2.24, 2.45) is 11.3 Å². The highest BCUT2D eigenvalue weighted by Crippen LogP contribution is 2.47. The SMILES string of the molecule is CC1CC(c2ccccc2OCCO)CC(C)(C)C1. The average Bonchev–Trinajstić information content (AvgIpc) is 2.34. The summed E-state index contributed by atoms with van der Waals surface area (Å²) in [6.07, 6.45) is 3.77. The highest BCUT2D eigenvalue weighted by molar-refractivity contribution is 5.36. The molecule has 0 aromatic heterocycles. The third-order valence-corrected chi connectivity index (χ3v) is 4.09. The predicted octanol–water partition coefficient (Wildman–Crippen LogP) is 3.99. The minimum atomic E-state index is 0.0703. The van der Waals surface area contributed by atoms with E-state index in [1.165, 1.54) is 24.8 Å². The van der Waals surface area contributed by atoms with Crippen LogP contribution >= 0.6 is 0 Å². The molecule has 2 nitrogen and oxygen atoms in total. The quantitative estimate of drug-likeness (QED) is 0.889. The average molecular weight is 262 g/mol. The predicted molar refractivity (Wildman–Crippen MR) is 78.6 cm³/mol. The van der Waals surface area contributed by atoms with Gasteiger partial charge in [0.1, 0.15) is 12.4 Å². The smallest absolute Gasteiger partial charge is 0.122 e. The molecule has 0 heterocycles. The van der Waals surface area contributed by atoms with Crippen LogP contribution in [0.2, 0.25) is 0 Å². The fourth-order valence-corrected chi connectivity index (χ4v) is 3.69. The zero-order chi connectivity index (χ0) is 13.9. The summed E-state index contributed by atoms with van der Waals surface area (Å²) in [4.78, 5) is 0. The second kappa shape index (κ2) is 5.96. The molecule has 1 aliphatic carbocycles. The van der Waals surface area contributed by atoms with Crippen LogP contribution in [0, 0.1) is 11.3 Å². The number of aliphatic hydroxyl groups is 1. The molecule has 0 radical (unpaired) electrons. The maximum Gasteiger partial charge on any atom is 0.122 e. The summed E-state index contributed by atoms with van der Waals surface area (Å²) in [6, 6.07) is 8.31. The van der Waals surface area contributed by atoms with Crippen LogP contribution < -0.4 is 4.74 Å². The monoisotopic (exact) mass is 262 g/mol. The van der Waals surface area contributed by atoms with Crippen LogP contribution in [0.15, 0.2) is 24.3 Å². The number of rotatable bonds is 4. The van der Waals surface area contributed by atoms with Crippen molar-refractivity contribution in [3.05, 3.63) is 29.8 Å². The molecule has 0 bridgehead atoms. The lowest BCUT2D eigenvalue weighted by Crippen LogP contribution is -2.26. The van der Waals surface area contributed by atoms with E-state index in [-0.39, 0.29) is 6.61 Å². The molecule has 1 aromatic rings. The molecule has 1 fully saturated rings. The van der Waals surface area contributed by atoms with Gasteiger partial charge in [-0.15, -0.1) is 0 Å². The number of hydrogen-bond donors (Lipinski definition) is 1.